The van der Waals surface area contributed by atoms with Crippen molar-refractivity contribution in [1.82, 2.24) is 10.3 Å². The van der Waals surface area contributed by atoms with Gasteiger partial charge in [0.05, 0.1) is 10.0 Å². The van der Waals surface area contributed by atoms with Crippen molar-refractivity contribution in [3.8, 4) is 5.75 Å². The van der Waals surface area contributed by atoms with Crippen molar-refractivity contribution in [2.24, 2.45) is 5.92 Å². The van der Waals surface area contributed by atoms with Crippen LogP contribution in [0.1, 0.15) is 18.1 Å². The molecule has 3 nitrogen and oxygen atoms in total. The average Bonchev–Trinajstić information content (AvgIpc) is 3.06. The van der Waals surface area contributed by atoms with Crippen molar-refractivity contribution < 1.29 is 4.74 Å². The van der Waals surface area contributed by atoms with Crippen LogP contribution in [-0.2, 0) is 0 Å². The van der Waals surface area contributed by atoms with Gasteiger partial charge in [-0.15, -0.1) is 0 Å². The Balaban J connectivity index is 1.95. The zero-order valence-electron chi connectivity index (χ0n) is 11.7. The lowest BCUT2D eigenvalue weighted by Gasteiger charge is -2.25. The van der Waals surface area contributed by atoms with Crippen molar-refractivity contribution in [2.75, 3.05) is 13.1 Å². The summed E-state index contributed by atoms with van der Waals surface area (Å²) in [6.07, 6.45) is 4.41. The number of hydrogen-bond donors (Lipinski definition) is 1. The molecule has 0 saturated carbocycles. The number of nitrogens with one attached hydrogen (secondary N) is 1. The van der Waals surface area contributed by atoms with Crippen LogP contribution >= 0.6 is 34.8 Å². The van der Waals surface area contributed by atoms with E-state index in [1.54, 1.807) is 18.3 Å². The Morgan fingerprint density at radius 2 is 2.00 bits per heavy atom. The topological polar surface area (TPSA) is 34.1 Å². The van der Waals surface area contributed by atoms with E-state index in [9.17, 15) is 0 Å². The highest BCUT2D eigenvalue weighted by atomic mass is 35.5. The predicted molar refractivity (Wildman–Crippen MR) is 90.1 cm³/mol. The molecule has 1 aromatic heterocycles. The smallest absolute Gasteiger partial charge is 0.158 e. The SMILES string of the molecule is Clc1ccc(Cl)c(OC(c2cccnc2)C2CCNC2)c1Cl. The molecule has 1 aromatic carbocycles. The van der Waals surface area contributed by atoms with Gasteiger partial charge in [0, 0.05) is 30.4 Å². The van der Waals surface area contributed by atoms with Gasteiger partial charge >= 0.3 is 0 Å². The van der Waals surface area contributed by atoms with E-state index in [0.717, 1.165) is 25.1 Å². The van der Waals surface area contributed by atoms with Crippen LogP contribution in [0.2, 0.25) is 15.1 Å². The molecule has 2 atom stereocenters. The van der Waals surface area contributed by atoms with E-state index in [2.05, 4.69) is 10.3 Å². The van der Waals surface area contributed by atoms with Crippen molar-refractivity contribution in [1.29, 1.82) is 0 Å². The molecule has 2 aromatic rings. The van der Waals surface area contributed by atoms with Crippen molar-refractivity contribution in [3.05, 3.63) is 57.3 Å². The number of hydrogen-bond acceptors (Lipinski definition) is 3. The third-order valence-electron chi connectivity index (χ3n) is 3.79. The van der Waals surface area contributed by atoms with Gasteiger partial charge in [0.15, 0.2) is 5.75 Å². The maximum absolute atomic E-state index is 6.26. The van der Waals surface area contributed by atoms with Crippen LogP contribution in [0.15, 0.2) is 36.7 Å². The largest absolute Gasteiger partial charge is 0.482 e. The third kappa shape index (κ3) is 3.33. The van der Waals surface area contributed by atoms with Gasteiger partial charge in [-0.05, 0) is 31.2 Å². The monoisotopic (exact) mass is 356 g/mol. The molecule has 1 aliphatic heterocycles. The average molecular weight is 358 g/mol. The lowest BCUT2D eigenvalue weighted by Crippen LogP contribution is -2.21. The van der Waals surface area contributed by atoms with Gasteiger partial charge in [-0.2, -0.15) is 0 Å². The number of aromatic nitrogens is 1. The number of nitrogens with zero attached hydrogens (tertiary/aromatic N) is 1. The van der Waals surface area contributed by atoms with Crippen LogP contribution in [0.5, 0.6) is 5.75 Å². The summed E-state index contributed by atoms with van der Waals surface area (Å²) in [5, 5.41) is 4.58. The predicted octanol–water partition coefficient (Wildman–Crippen LogP) is 4.77. The second kappa shape index (κ2) is 7.05. The molecule has 2 unspecified atom stereocenters. The molecule has 6 heteroatoms. The minimum atomic E-state index is -0.169. The molecule has 0 spiro atoms. The Hall–Kier alpha value is -1.00. The first kappa shape index (κ1) is 15.9. The van der Waals surface area contributed by atoms with E-state index in [1.165, 1.54) is 0 Å². The van der Waals surface area contributed by atoms with Crippen LogP contribution in [0.4, 0.5) is 0 Å². The normalized spacial score (nSPS) is 19.1. The van der Waals surface area contributed by atoms with E-state index in [0.29, 0.717) is 26.7 Å². The van der Waals surface area contributed by atoms with Crippen LogP contribution in [-0.4, -0.2) is 18.1 Å². The number of ether oxygens (including phenoxy) is 1. The number of rotatable bonds is 4. The molecule has 0 amide bonds. The van der Waals surface area contributed by atoms with Gasteiger partial charge in [0.1, 0.15) is 11.1 Å². The van der Waals surface area contributed by atoms with Crippen LogP contribution in [0.3, 0.4) is 0 Å². The molecule has 1 N–H and O–H groups in total. The Morgan fingerprint density at radius 1 is 1.18 bits per heavy atom. The molecule has 22 heavy (non-hydrogen) atoms. The molecule has 1 aliphatic rings. The highest BCUT2D eigenvalue weighted by Gasteiger charge is 2.29. The van der Waals surface area contributed by atoms with Gasteiger partial charge in [0.25, 0.3) is 0 Å². The standard InChI is InChI=1S/C16H15Cl3N2O/c17-12-3-4-13(18)16(14(12)19)22-15(11-5-7-21-9-11)10-2-1-6-20-8-10/h1-4,6,8,11,15,21H,5,7,9H2. The zero-order valence-corrected chi connectivity index (χ0v) is 14.0. The van der Waals surface area contributed by atoms with Gasteiger partial charge in [-0.25, -0.2) is 0 Å². The fourth-order valence-corrected chi connectivity index (χ4v) is 3.27. The summed E-state index contributed by atoms with van der Waals surface area (Å²) in [6.45, 7) is 1.86. The molecule has 1 saturated heterocycles. The van der Waals surface area contributed by atoms with E-state index < -0.39 is 0 Å². The summed E-state index contributed by atoms with van der Waals surface area (Å²) in [4.78, 5) is 4.19. The van der Waals surface area contributed by atoms with Crippen LogP contribution < -0.4 is 10.1 Å². The summed E-state index contributed by atoms with van der Waals surface area (Å²) < 4.78 is 6.20. The van der Waals surface area contributed by atoms with Crippen LogP contribution in [0, 0.1) is 5.92 Å². The molecule has 1 fully saturated rings. The molecule has 0 aliphatic carbocycles. The van der Waals surface area contributed by atoms with E-state index >= 15 is 0 Å². The van der Waals surface area contributed by atoms with E-state index in [4.69, 9.17) is 39.5 Å². The Morgan fingerprint density at radius 3 is 2.68 bits per heavy atom. The fraction of sp³-hybridized carbons (Fsp3) is 0.312. The zero-order chi connectivity index (χ0) is 15.5. The number of halogens is 3. The third-order valence-corrected chi connectivity index (χ3v) is 4.87. The minimum absolute atomic E-state index is 0.169. The lowest BCUT2D eigenvalue weighted by atomic mass is 9.96. The second-order valence-electron chi connectivity index (χ2n) is 5.25. The Labute approximate surface area is 144 Å². The molecule has 2 heterocycles. The summed E-state index contributed by atoms with van der Waals surface area (Å²) in [5.41, 5.74) is 1.00. The maximum atomic E-state index is 6.26. The highest BCUT2D eigenvalue weighted by molar-refractivity contribution is 6.44. The minimum Gasteiger partial charge on any atom is -0.482 e. The number of benzene rings is 1. The highest BCUT2D eigenvalue weighted by Crippen LogP contribution is 2.42. The summed E-state index contributed by atoms with van der Waals surface area (Å²) in [5.74, 6) is 0.756. The molecular formula is C16H15Cl3N2O. The first-order valence-electron chi connectivity index (χ1n) is 7.07. The summed E-state index contributed by atoms with van der Waals surface area (Å²) in [6, 6.07) is 7.26. The van der Waals surface area contributed by atoms with Crippen molar-refractivity contribution in [2.45, 2.75) is 12.5 Å². The molecular weight excluding hydrogens is 343 g/mol. The molecule has 3 rings (SSSR count). The fourth-order valence-electron chi connectivity index (χ4n) is 2.66. The Bertz CT molecular complexity index is 645. The van der Waals surface area contributed by atoms with Crippen LogP contribution in [0.25, 0.3) is 0 Å². The first-order valence-corrected chi connectivity index (χ1v) is 8.21. The molecule has 116 valence electrons. The lowest BCUT2D eigenvalue weighted by molar-refractivity contribution is 0.144. The maximum Gasteiger partial charge on any atom is 0.158 e. The van der Waals surface area contributed by atoms with E-state index in [-0.39, 0.29) is 6.10 Å². The second-order valence-corrected chi connectivity index (χ2v) is 6.44. The van der Waals surface area contributed by atoms with Gasteiger partial charge in [-0.3, -0.25) is 4.98 Å². The Kier molecular flexibility index (Phi) is 5.09. The van der Waals surface area contributed by atoms with Gasteiger partial charge in [0.2, 0.25) is 0 Å². The van der Waals surface area contributed by atoms with Crippen molar-refractivity contribution >= 4 is 34.8 Å². The van der Waals surface area contributed by atoms with Gasteiger partial charge in [-0.1, -0.05) is 40.9 Å². The summed E-state index contributed by atoms with van der Waals surface area (Å²) >= 11 is 18.6. The number of pyridine rings is 1. The quantitative estimate of drug-likeness (QED) is 0.800. The van der Waals surface area contributed by atoms with Gasteiger partial charge < -0.3 is 10.1 Å². The van der Waals surface area contributed by atoms with Crippen molar-refractivity contribution in [3.63, 3.8) is 0 Å². The van der Waals surface area contributed by atoms with E-state index in [1.807, 2.05) is 18.3 Å². The molecule has 0 radical (unpaired) electrons. The molecule has 0 bridgehead atoms. The first-order chi connectivity index (χ1) is 10.7. The summed E-state index contributed by atoms with van der Waals surface area (Å²) in [7, 11) is 0.